The van der Waals surface area contributed by atoms with Crippen LogP contribution in [0.4, 0.5) is 0 Å². The van der Waals surface area contributed by atoms with Gasteiger partial charge >= 0.3 is 0 Å². The van der Waals surface area contributed by atoms with Gasteiger partial charge in [0.05, 0.1) is 0 Å². The Hall–Kier alpha value is -1.46. The molecule has 1 saturated carbocycles. The molecule has 112 valence electrons. The third kappa shape index (κ3) is 2.94. The molecule has 1 N–H and O–H groups in total. The van der Waals surface area contributed by atoms with E-state index in [4.69, 9.17) is 9.15 Å². The minimum atomic E-state index is -0.0677. The maximum atomic E-state index is 12.0. The molecule has 0 aliphatic heterocycles. The van der Waals surface area contributed by atoms with Crippen molar-refractivity contribution in [2.75, 3.05) is 0 Å². The van der Waals surface area contributed by atoms with Crippen LogP contribution in [0.15, 0.2) is 28.7 Å². The van der Waals surface area contributed by atoms with E-state index in [9.17, 15) is 4.79 Å². The van der Waals surface area contributed by atoms with Crippen LogP contribution < -0.4 is 9.46 Å². The number of carbonyl (C=O) groups excluding carboxylic acids is 1. The number of carbonyl (C=O) groups is 1. The summed E-state index contributed by atoms with van der Waals surface area (Å²) in [6.45, 7) is 3.74. The van der Waals surface area contributed by atoms with E-state index in [-0.39, 0.29) is 17.8 Å². The monoisotopic (exact) mass is 305 g/mol. The second-order valence-corrected chi connectivity index (χ2v) is 6.12. The van der Waals surface area contributed by atoms with E-state index >= 15 is 0 Å². The van der Waals surface area contributed by atoms with Gasteiger partial charge in [-0.3, -0.25) is 9.52 Å². The normalized spacial score (nSPS) is 21.5. The van der Waals surface area contributed by atoms with Gasteiger partial charge in [0, 0.05) is 30.2 Å². The molecule has 0 bridgehead atoms. The minimum absolute atomic E-state index is 0.0235. The largest absolute Gasteiger partial charge is 0.490 e. The molecule has 1 aliphatic rings. The van der Waals surface area contributed by atoms with Gasteiger partial charge in [-0.25, -0.2) is 0 Å². The van der Waals surface area contributed by atoms with Crippen LogP contribution in [-0.4, -0.2) is 17.9 Å². The number of hydrogen-bond donors (Lipinski definition) is 2. The van der Waals surface area contributed by atoms with Crippen LogP contribution in [0.2, 0.25) is 0 Å². The summed E-state index contributed by atoms with van der Waals surface area (Å²) in [7, 11) is 0. The van der Waals surface area contributed by atoms with Crippen LogP contribution in [0.1, 0.15) is 37.2 Å². The summed E-state index contributed by atoms with van der Waals surface area (Å²) in [5.41, 5.74) is 0.717. The molecule has 0 spiro atoms. The molecule has 1 aliphatic carbocycles. The van der Waals surface area contributed by atoms with Gasteiger partial charge in [-0.1, -0.05) is 26.7 Å². The number of hydrogen-bond acceptors (Lipinski definition) is 5. The summed E-state index contributed by atoms with van der Waals surface area (Å²) in [5.74, 6) is 1.19. The van der Waals surface area contributed by atoms with Crippen molar-refractivity contribution in [3.63, 3.8) is 0 Å². The minimum Gasteiger partial charge on any atom is -0.490 e. The number of furan rings is 1. The number of rotatable bonds is 5. The van der Waals surface area contributed by atoms with E-state index < -0.39 is 0 Å². The van der Waals surface area contributed by atoms with Crippen molar-refractivity contribution >= 4 is 29.6 Å². The Bertz CT molecular complexity index is 659. The Balaban J connectivity index is 1.76. The lowest BCUT2D eigenvalue weighted by Crippen LogP contribution is -2.43. The summed E-state index contributed by atoms with van der Waals surface area (Å²) in [4.78, 5) is 12.0. The van der Waals surface area contributed by atoms with Crippen LogP contribution in [-0.2, 0) is 0 Å². The number of nitrogens with one attached hydrogen (secondary N) is 1. The van der Waals surface area contributed by atoms with Gasteiger partial charge < -0.3 is 9.15 Å². The highest BCUT2D eigenvalue weighted by molar-refractivity contribution is 7.78. The van der Waals surface area contributed by atoms with E-state index in [2.05, 4.69) is 17.5 Å². The molecule has 4 nitrogen and oxygen atoms in total. The predicted molar refractivity (Wildman–Crippen MR) is 84.9 cm³/mol. The molecule has 0 saturated heterocycles. The molecule has 0 atom stereocenters. The molecule has 0 radical (unpaired) electrons. The van der Waals surface area contributed by atoms with Crippen LogP contribution in [0.5, 0.6) is 5.75 Å². The molecule has 1 fully saturated rings. The number of ketones is 1. The van der Waals surface area contributed by atoms with Crippen LogP contribution in [0.3, 0.4) is 0 Å². The smallest absolute Gasteiger partial charge is 0.200 e. The summed E-state index contributed by atoms with van der Waals surface area (Å²) < 4.78 is 14.4. The number of thiol groups is 1. The van der Waals surface area contributed by atoms with Crippen molar-refractivity contribution in [1.29, 1.82) is 0 Å². The number of benzene rings is 1. The summed E-state index contributed by atoms with van der Waals surface area (Å²) >= 11 is 4.05. The van der Waals surface area contributed by atoms with E-state index in [1.54, 1.807) is 6.07 Å². The van der Waals surface area contributed by atoms with Gasteiger partial charge in [-0.15, -0.1) is 0 Å². The highest BCUT2D eigenvalue weighted by Crippen LogP contribution is 2.30. The zero-order valence-electron chi connectivity index (χ0n) is 12.1. The fourth-order valence-electron chi connectivity index (χ4n) is 2.46. The highest BCUT2D eigenvalue weighted by Gasteiger charge is 2.30. The standard InChI is InChI=1S/C16H19NO3S/c1-9(2)16(18)15-6-10-5-12(3-4-14(10)20-15)19-13-7-11(8-13)17-21/h3-6,9,11,13,17,21H,7-8H2,1-2H3. The van der Waals surface area contributed by atoms with Crippen LogP contribution in [0, 0.1) is 5.92 Å². The summed E-state index contributed by atoms with van der Waals surface area (Å²) in [5, 5.41) is 0.902. The molecule has 2 aromatic rings. The molecule has 0 amide bonds. The van der Waals surface area contributed by atoms with Crippen LogP contribution in [0.25, 0.3) is 11.0 Å². The summed E-state index contributed by atoms with van der Waals surface area (Å²) in [6, 6.07) is 7.90. The number of ether oxygens (including phenoxy) is 1. The van der Waals surface area contributed by atoms with Crippen LogP contribution >= 0.6 is 12.8 Å². The first-order chi connectivity index (χ1) is 10.1. The molecule has 1 aromatic carbocycles. The molecular formula is C16H19NO3S. The van der Waals surface area contributed by atoms with Crippen molar-refractivity contribution in [3.05, 3.63) is 30.0 Å². The lowest BCUT2D eigenvalue weighted by Gasteiger charge is -2.34. The Labute approximate surface area is 129 Å². The van der Waals surface area contributed by atoms with E-state index in [0.717, 1.165) is 29.6 Å². The molecule has 0 unspecified atom stereocenters. The third-order valence-electron chi connectivity index (χ3n) is 3.84. The van der Waals surface area contributed by atoms with Crippen molar-refractivity contribution in [2.24, 2.45) is 5.92 Å². The van der Waals surface area contributed by atoms with E-state index in [0.29, 0.717) is 11.8 Å². The average molecular weight is 305 g/mol. The maximum absolute atomic E-state index is 12.0. The van der Waals surface area contributed by atoms with Crippen molar-refractivity contribution in [2.45, 2.75) is 38.8 Å². The lowest BCUT2D eigenvalue weighted by molar-refractivity contribution is 0.0913. The zero-order valence-corrected chi connectivity index (χ0v) is 13.0. The average Bonchev–Trinajstić information content (AvgIpc) is 2.84. The first kappa shape index (κ1) is 14.5. The van der Waals surface area contributed by atoms with Gasteiger partial charge in [-0.05, 0) is 24.3 Å². The Morgan fingerprint density at radius 1 is 1.38 bits per heavy atom. The second-order valence-electron chi connectivity index (χ2n) is 5.87. The third-order valence-corrected chi connectivity index (χ3v) is 4.20. The fraction of sp³-hybridized carbons (Fsp3) is 0.438. The van der Waals surface area contributed by atoms with Crippen molar-refractivity contribution < 1.29 is 13.9 Å². The Kier molecular flexibility index (Phi) is 3.95. The molecular weight excluding hydrogens is 286 g/mol. The molecule has 21 heavy (non-hydrogen) atoms. The van der Waals surface area contributed by atoms with Gasteiger partial charge in [-0.2, -0.15) is 0 Å². The molecule has 5 heteroatoms. The van der Waals surface area contributed by atoms with Gasteiger partial charge in [0.15, 0.2) is 5.76 Å². The first-order valence-corrected chi connectivity index (χ1v) is 7.65. The van der Waals surface area contributed by atoms with Crippen molar-refractivity contribution in [3.8, 4) is 5.75 Å². The van der Waals surface area contributed by atoms with E-state index in [1.807, 2.05) is 32.0 Å². The van der Waals surface area contributed by atoms with Gasteiger partial charge in [0.1, 0.15) is 17.4 Å². The lowest BCUT2D eigenvalue weighted by atomic mass is 9.90. The second kappa shape index (κ2) is 5.73. The quantitative estimate of drug-likeness (QED) is 0.654. The van der Waals surface area contributed by atoms with E-state index in [1.165, 1.54) is 0 Å². The SMILES string of the molecule is CC(C)C(=O)c1cc2cc(OC3CC(NS)C3)ccc2o1. The zero-order chi connectivity index (χ0) is 15.0. The summed E-state index contributed by atoms with van der Waals surface area (Å²) in [6.07, 6.45) is 2.16. The topological polar surface area (TPSA) is 51.5 Å². The Morgan fingerprint density at radius 3 is 2.81 bits per heavy atom. The fourth-order valence-corrected chi connectivity index (χ4v) is 2.67. The maximum Gasteiger partial charge on any atom is 0.200 e. The molecule has 3 rings (SSSR count). The number of Topliss-reactive ketones (excluding diaryl/α,β-unsaturated/α-hetero) is 1. The molecule has 1 aromatic heterocycles. The number of fused-ring (bicyclic) bond motifs is 1. The molecule has 1 heterocycles. The predicted octanol–water partition coefficient (Wildman–Crippen LogP) is 3.62. The first-order valence-electron chi connectivity index (χ1n) is 7.21. The van der Waals surface area contributed by atoms with Gasteiger partial charge in [0.25, 0.3) is 0 Å². The highest BCUT2D eigenvalue weighted by atomic mass is 32.1. The van der Waals surface area contributed by atoms with Crippen molar-refractivity contribution in [1.82, 2.24) is 4.72 Å². The Morgan fingerprint density at radius 2 is 2.14 bits per heavy atom. The van der Waals surface area contributed by atoms with Gasteiger partial charge in [0.2, 0.25) is 5.78 Å².